The maximum Gasteiger partial charge on any atom is 0.407 e. The molecule has 2 aliphatic carbocycles. The van der Waals surface area contributed by atoms with Crippen LogP contribution in [-0.2, 0) is 14.3 Å². The van der Waals surface area contributed by atoms with Gasteiger partial charge in [-0.25, -0.2) is 4.79 Å². The molecule has 1 fully saturated rings. The Hall–Kier alpha value is -3.39. The average molecular weight is 481 g/mol. The van der Waals surface area contributed by atoms with Gasteiger partial charge in [0.15, 0.2) is 0 Å². The van der Waals surface area contributed by atoms with Gasteiger partial charge in [-0.15, -0.1) is 0 Å². The number of rotatable bonds is 9. The minimum Gasteiger partial charge on any atom is -0.481 e. The first-order chi connectivity index (χ1) is 16.9. The molecule has 2 aliphatic rings. The lowest BCUT2D eigenvalue weighted by Gasteiger charge is -2.31. The Balaban J connectivity index is 1.28. The predicted molar refractivity (Wildman–Crippen MR) is 130 cm³/mol. The van der Waals surface area contributed by atoms with Gasteiger partial charge >= 0.3 is 12.1 Å². The summed E-state index contributed by atoms with van der Waals surface area (Å²) >= 11 is 0. The molecule has 2 aromatic carbocycles. The third-order valence-electron chi connectivity index (χ3n) is 7.02. The van der Waals surface area contributed by atoms with Crippen molar-refractivity contribution in [2.75, 3.05) is 19.7 Å². The second-order valence-electron chi connectivity index (χ2n) is 9.35. The highest BCUT2D eigenvalue weighted by atomic mass is 16.5. The monoisotopic (exact) mass is 480 g/mol. The molecule has 8 nitrogen and oxygen atoms in total. The third-order valence-corrected chi connectivity index (χ3v) is 7.02. The Labute approximate surface area is 204 Å². The molecule has 0 saturated heterocycles. The van der Waals surface area contributed by atoms with Gasteiger partial charge in [-0.05, 0) is 41.0 Å². The van der Waals surface area contributed by atoms with E-state index in [1.54, 1.807) is 0 Å². The summed E-state index contributed by atoms with van der Waals surface area (Å²) in [6.07, 6.45) is 1.33. The molecule has 0 heterocycles. The summed E-state index contributed by atoms with van der Waals surface area (Å²) in [5.41, 5.74) is 4.63. The lowest BCUT2D eigenvalue weighted by molar-refractivity contribution is -0.139. The number of fused-ring (bicyclic) bond motifs is 3. The molecule has 2 amide bonds. The lowest BCUT2D eigenvalue weighted by Crippen LogP contribution is -2.44. The van der Waals surface area contributed by atoms with Crippen LogP contribution in [-0.4, -0.2) is 54.0 Å². The van der Waals surface area contributed by atoms with Gasteiger partial charge in [0.2, 0.25) is 5.91 Å². The minimum atomic E-state index is -1.13. The van der Waals surface area contributed by atoms with Crippen molar-refractivity contribution in [3.8, 4) is 11.1 Å². The smallest absolute Gasteiger partial charge is 0.407 e. The topological polar surface area (TPSA) is 125 Å². The summed E-state index contributed by atoms with van der Waals surface area (Å²) in [5.74, 6) is -1.68. The Bertz CT molecular complexity index is 1030. The number of ether oxygens (including phenoxy) is 1. The van der Waals surface area contributed by atoms with Crippen LogP contribution in [0.2, 0.25) is 0 Å². The van der Waals surface area contributed by atoms with Crippen LogP contribution in [0.15, 0.2) is 48.5 Å². The largest absolute Gasteiger partial charge is 0.481 e. The second-order valence-corrected chi connectivity index (χ2v) is 9.35. The highest BCUT2D eigenvalue weighted by Crippen LogP contribution is 2.44. The highest BCUT2D eigenvalue weighted by molar-refractivity contribution is 5.80. The van der Waals surface area contributed by atoms with E-state index in [1.165, 1.54) is 11.1 Å². The molecule has 2 aromatic rings. The van der Waals surface area contributed by atoms with E-state index in [-0.39, 0.29) is 36.8 Å². The van der Waals surface area contributed by atoms with Crippen molar-refractivity contribution >= 4 is 18.0 Å². The van der Waals surface area contributed by atoms with Crippen molar-refractivity contribution in [2.24, 2.45) is 11.8 Å². The number of alkyl carbamates (subject to hydrolysis) is 1. The Kier molecular flexibility index (Phi) is 8.02. The van der Waals surface area contributed by atoms with E-state index >= 15 is 0 Å². The maximum atomic E-state index is 12.7. The summed E-state index contributed by atoms with van der Waals surface area (Å²) < 4.78 is 5.60. The van der Waals surface area contributed by atoms with Crippen LogP contribution in [0, 0.1) is 11.8 Å². The molecule has 0 aromatic heterocycles. The van der Waals surface area contributed by atoms with E-state index in [0.717, 1.165) is 30.4 Å². The number of carbonyl (C=O) groups excluding carboxylic acids is 2. The van der Waals surface area contributed by atoms with Crippen LogP contribution in [0.3, 0.4) is 0 Å². The number of carbonyl (C=O) groups is 3. The van der Waals surface area contributed by atoms with Gasteiger partial charge in [0.25, 0.3) is 0 Å². The fourth-order valence-electron chi connectivity index (χ4n) is 5.28. The van der Waals surface area contributed by atoms with Crippen LogP contribution in [0.4, 0.5) is 4.79 Å². The van der Waals surface area contributed by atoms with Crippen molar-refractivity contribution in [1.82, 2.24) is 10.6 Å². The first kappa shape index (κ1) is 24.7. The molecule has 35 heavy (non-hydrogen) atoms. The van der Waals surface area contributed by atoms with Crippen LogP contribution in [0.1, 0.15) is 49.1 Å². The van der Waals surface area contributed by atoms with Crippen molar-refractivity contribution < 1.29 is 29.3 Å². The van der Waals surface area contributed by atoms with E-state index in [2.05, 4.69) is 34.9 Å². The molecule has 1 unspecified atom stereocenters. The molecule has 0 spiro atoms. The van der Waals surface area contributed by atoms with Gasteiger partial charge in [-0.1, -0.05) is 61.4 Å². The summed E-state index contributed by atoms with van der Waals surface area (Å²) in [5, 5.41) is 23.9. The zero-order valence-electron chi connectivity index (χ0n) is 19.6. The molecule has 1 saturated carbocycles. The SMILES string of the molecule is O=C(O)CC(O)CNC(=O)[C@H]1CCCC[C@H]1CNC(=O)OCC1c2ccccc2-c2ccccc21. The van der Waals surface area contributed by atoms with Crippen LogP contribution >= 0.6 is 0 Å². The molecular weight excluding hydrogens is 448 g/mol. The first-order valence-electron chi connectivity index (χ1n) is 12.2. The van der Waals surface area contributed by atoms with E-state index < -0.39 is 24.6 Å². The summed E-state index contributed by atoms with van der Waals surface area (Å²) in [4.78, 5) is 35.9. The van der Waals surface area contributed by atoms with Crippen LogP contribution < -0.4 is 10.6 Å². The van der Waals surface area contributed by atoms with Gasteiger partial charge in [0, 0.05) is 24.9 Å². The highest BCUT2D eigenvalue weighted by Gasteiger charge is 2.32. The van der Waals surface area contributed by atoms with Crippen molar-refractivity contribution in [3.63, 3.8) is 0 Å². The van der Waals surface area contributed by atoms with Crippen LogP contribution in [0.5, 0.6) is 0 Å². The number of benzene rings is 2. The molecule has 0 aliphatic heterocycles. The number of carboxylic acid groups (broad SMARTS) is 1. The number of nitrogens with one attached hydrogen (secondary N) is 2. The molecular formula is C27H32N2O6. The number of aliphatic hydroxyl groups excluding tert-OH is 1. The predicted octanol–water partition coefficient (Wildman–Crippen LogP) is 3.28. The maximum absolute atomic E-state index is 12.7. The number of hydrogen-bond donors (Lipinski definition) is 4. The number of amides is 2. The Morgan fingerprint density at radius 3 is 2.23 bits per heavy atom. The average Bonchev–Trinajstić information content (AvgIpc) is 3.18. The van der Waals surface area contributed by atoms with E-state index in [0.29, 0.717) is 13.0 Å². The molecule has 3 atom stereocenters. The summed E-state index contributed by atoms with van der Waals surface area (Å²) in [6.45, 7) is 0.455. The van der Waals surface area contributed by atoms with Crippen molar-refractivity contribution in [2.45, 2.75) is 44.1 Å². The van der Waals surface area contributed by atoms with Gasteiger partial charge in [0.1, 0.15) is 6.61 Å². The van der Waals surface area contributed by atoms with Gasteiger partial charge in [0.05, 0.1) is 12.5 Å². The normalized spacial score (nSPS) is 19.8. The van der Waals surface area contributed by atoms with E-state index in [9.17, 15) is 19.5 Å². The number of carboxylic acids is 1. The van der Waals surface area contributed by atoms with Crippen molar-refractivity contribution in [3.05, 3.63) is 59.7 Å². The first-order valence-corrected chi connectivity index (χ1v) is 12.2. The van der Waals surface area contributed by atoms with Gasteiger partial charge in [-0.3, -0.25) is 9.59 Å². The molecule has 0 radical (unpaired) electrons. The second kappa shape index (κ2) is 11.4. The summed E-state index contributed by atoms with van der Waals surface area (Å²) in [7, 11) is 0. The van der Waals surface area contributed by atoms with Crippen molar-refractivity contribution in [1.29, 1.82) is 0 Å². The number of aliphatic carboxylic acids is 1. The zero-order chi connectivity index (χ0) is 24.8. The molecule has 4 N–H and O–H groups in total. The number of hydrogen-bond acceptors (Lipinski definition) is 5. The molecule has 8 heteroatoms. The zero-order valence-corrected chi connectivity index (χ0v) is 19.6. The van der Waals surface area contributed by atoms with E-state index in [1.807, 2.05) is 24.3 Å². The molecule has 186 valence electrons. The van der Waals surface area contributed by atoms with Gasteiger partial charge in [-0.2, -0.15) is 0 Å². The molecule has 4 rings (SSSR count). The fourth-order valence-corrected chi connectivity index (χ4v) is 5.28. The third kappa shape index (κ3) is 6.00. The summed E-state index contributed by atoms with van der Waals surface area (Å²) in [6, 6.07) is 16.3. The molecule has 0 bridgehead atoms. The number of aliphatic hydroxyl groups is 1. The van der Waals surface area contributed by atoms with Crippen LogP contribution in [0.25, 0.3) is 11.1 Å². The Morgan fingerprint density at radius 2 is 1.57 bits per heavy atom. The fraction of sp³-hybridized carbons (Fsp3) is 0.444. The quantitative estimate of drug-likeness (QED) is 0.437. The Morgan fingerprint density at radius 1 is 0.943 bits per heavy atom. The minimum absolute atomic E-state index is 0.0152. The standard InChI is InChI=1S/C27H32N2O6/c30-18(13-25(31)32)15-28-26(33)19-8-2-1-7-17(19)14-29-27(34)35-16-24-22-11-5-3-9-20(22)21-10-4-6-12-23(21)24/h3-6,9-12,17-19,24,30H,1-2,7-8,13-16H2,(H,28,33)(H,29,34)(H,31,32)/t17-,18?,19-/m0/s1. The lowest BCUT2D eigenvalue weighted by atomic mass is 9.78. The van der Waals surface area contributed by atoms with Gasteiger partial charge < -0.3 is 25.6 Å². The van der Waals surface area contributed by atoms with E-state index in [4.69, 9.17) is 9.84 Å².